The van der Waals surface area contributed by atoms with Crippen molar-refractivity contribution >= 4 is 10.0 Å². The fraction of sp³-hybridized carbons (Fsp3) is 0.857. The van der Waals surface area contributed by atoms with Crippen LogP contribution in [0.3, 0.4) is 0 Å². The van der Waals surface area contributed by atoms with Crippen LogP contribution in [-0.2, 0) is 14.8 Å². The molecule has 0 aliphatic carbocycles. The Morgan fingerprint density at radius 3 is 2.55 bits per heavy atom. The van der Waals surface area contributed by atoms with Gasteiger partial charge in [-0.05, 0) is 33.6 Å². The summed E-state index contributed by atoms with van der Waals surface area (Å²) in [7, 11) is -3.28. The summed E-state index contributed by atoms with van der Waals surface area (Å²) in [6.45, 7) is 7.46. The van der Waals surface area contributed by atoms with Crippen LogP contribution in [0.25, 0.3) is 0 Å². The highest BCUT2D eigenvalue weighted by atomic mass is 32.2. The Bertz CT molecular complexity index is 634. The summed E-state index contributed by atoms with van der Waals surface area (Å²) in [5, 5.41) is 3.45. The van der Waals surface area contributed by atoms with Crippen LogP contribution in [0.2, 0.25) is 0 Å². The molecule has 0 radical (unpaired) electrons. The quantitative estimate of drug-likeness (QED) is 0.831. The van der Waals surface area contributed by atoms with Crippen molar-refractivity contribution < 1.29 is 17.7 Å². The number of aromatic nitrogens is 2. The van der Waals surface area contributed by atoms with E-state index in [0.29, 0.717) is 38.0 Å². The minimum atomic E-state index is -3.28. The van der Waals surface area contributed by atoms with Gasteiger partial charge in [-0.1, -0.05) is 5.16 Å². The van der Waals surface area contributed by atoms with E-state index < -0.39 is 15.3 Å². The SMILES string of the molecule is Cc1noc(C2CN(S(=O)(=O)C(C)C)CC23CCOCC3)n1. The largest absolute Gasteiger partial charge is 0.381 e. The van der Waals surface area contributed by atoms with Gasteiger partial charge in [-0.25, -0.2) is 12.7 Å². The van der Waals surface area contributed by atoms with E-state index in [4.69, 9.17) is 9.26 Å². The summed E-state index contributed by atoms with van der Waals surface area (Å²) in [4.78, 5) is 4.36. The molecule has 22 heavy (non-hydrogen) atoms. The molecule has 3 rings (SSSR count). The van der Waals surface area contributed by atoms with Gasteiger partial charge in [0.25, 0.3) is 0 Å². The predicted molar refractivity (Wildman–Crippen MR) is 79.9 cm³/mol. The highest BCUT2D eigenvalue weighted by Gasteiger charge is 2.53. The maximum atomic E-state index is 12.6. The summed E-state index contributed by atoms with van der Waals surface area (Å²) in [6, 6.07) is 0. The van der Waals surface area contributed by atoms with Crippen molar-refractivity contribution in [3.63, 3.8) is 0 Å². The Morgan fingerprint density at radius 1 is 1.32 bits per heavy atom. The third kappa shape index (κ3) is 2.57. The molecule has 8 heteroatoms. The number of aryl methyl sites for hydroxylation is 1. The molecule has 2 fully saturated rings. The first-order valence-corrected chi connectivity index (χ1v) is 9.22. The number of hydrogen-bond donors (Lipinski definition) is 0. The Morgan fingerprint density at radius 2 is 2.00 bits per heavy atom. The van der Waals surface area contributed by atoms with Crippen LogP contribution in [0.1, 0.15) is 44.3 Å². The van der Waals surface area contributed by atoms with Gasteiger partial charge in [-0.3, -0.25) is 0 Å². The lowest BCUT2D eigenvalue weighted by Crippen LogP contribution is -2.39. The fourth-order valence-corrected chi connectivity index (χ4v) is 4.88. The second-order valence-corrected chi connectivity index (χ2v) is 9.08. The van der Waals surface area contributed by atoms with Crippen molar-refractivity contribution in [3.05, 3.63) is 11.7 Å². The third-order valence-electron chi connectivity index (χ3n) is 4.90. The molecule has 0 amide bonds. The maximum absolute atomic E-state index is 12.6. The molecule has 1 aromatic rings. The van der Waals surface area contributed by atoms with Crippen LogP contribution in [-0.4, -0.2) is 54.4 Å². The van der Waals surface area contributed by atoms with Gasteiger partial charge in [0, 0.05) is 31.7 Å². The highest BCUT2D eigenvalue weighted by molar-refractivity contribution is 7.89. The molecule has 124 valence electrons. The van der Waals surface area contributed by atoms with Crippen LogP contribution in [0.4, 0.5) is 0 Å². The van der Waals surface area contributed by atoms with E-state index in [2.05, 4.69) is 10.1 Å². The van der Waals surface area contributed by atoms with E-state index in [1.54, 1.807) is 25.1 Å². The van der Waals surface area contributed by atoms with Gasteiger partial charge < -0.3 is 9.26 Å². The maximum Gasteiger partial charge on any atom is 0.231 e. The van der Waals surface area contributed by atoms with E-state index >= 15 is 0 Å². The molecule has 0 saturated carbocycles. The molecule has 2 aliphatic heterocycles. The van der Waals surface area contributed by atoms with Crippen LogP contribution < -0.4 is 0 Å². The first kappa shape index (κ1) is 15.9. The third-order valence-corrected chi connectivity index (χ3v) is 7.09. The van der Waals surface area contributed by atoms with E-state index in [1.165, 1.54) is 0 Å². The van der Waals surface area contributed by atoms with Gasteiger partial charge in [0.15, 0.2) is 5.82 Å². The summed E-state index contributed by atoms with van der Waals surface area (Å²) in [6.07, 6.45) is 1.65. The van der Waals surface area contributed by atoms with Crippen molar-refractivity contribution in [2.75, 3.05) is 26.3 Å². The van der Waals surface area contributed by atoms with Crippen LogP contribution in [0.5, 0.6) is 0 Å². The lowest BCUT2D eigenvalue weighted by molar-refractivity contribution is 0.0104. The lowest BCUT2D eigenvalue weighted by atomic mass is 9.72. The van der Waals surface area contributed by atoms with E-state index in [0.717, 1.165) is 12.8 Å². The number of nitrogens with zero attached hydrogens (tertiary/aromatic N) is 3. The number of sulfonamides is 1. The summed E-state index contributed by atoms with van der Waals surface area (Å²) in [5.41, 5.74) is -0.154. The van der Waals surface area contributed by atoms with Gasteiger partial charge in [-0.2, -0.15) is 4.98 Å². The molecule has 2 aliphatic rings. The normalized spacial score (nSPS) is 26.1. The number of hydrogen-bond acceptors (Lipinski definition) is 6. The van der Waals surface area contributed by atoms with Gasteiger partial charge in [0.05, 0.1) is 11.2 Å². The van der Waals surface area contributed by atoms with Gasteiger partial charge >= 0.3 is 0 Å². The molecule has 7 nitrogen and oxygen atoms in total. The number of ether oxygens (including phenoxy) is 1. The van der Waals surface area contributed by atoms with Crippen LogP contribution in [0.15, 0.2) is 4.52 Å². The van der Waals surface area contributed by atoms with Crippen molar-refractivity contribution in [1.82, 2.24) is 14.4 Å². The lowest BCUT2D eigenvalue weighted by Gasteiger charge is -2.36. The second kappa shape index (κ2) is 5.58. The zero-order chi connectivity index (χ0) is 16.0. The fourth-order valence-electron chi connectivity index (χ4n) is 3.49. The topological polar surface area (TPSA) is 85.5 Å². The van der Waals surface area contributed by atoms with E-state index in [-0.39, 0.29) is 11.3 Å². The van der Waals surface area contributed by atoms with Crippen molar-refractivity contribution in [2.24, 2.45) is 5.41 Å². The molecule has 1 spiro atoms. The molecular formula is C14H23N3O4S. The Hall–Kier alpha value is -0.990. The molecule has 2 saturated heterocycles. The molecule has 0 N–H and O–H groups in total. The highest BCUT2D eigenvalue weighted by Crippen LogP contribution is 2.50. The summed E-state index contributed by atoms with van der Waals surface area (Å²) >= 11 is 0. The van der Waals surface area contributed by atoms with Gasteiger partial charge in [0.1, 0.15) is 0 Å². The van der Waals surface area contributed by atoms with Crippen molar-refractivity contribution in [3.8, 4) is 0 Å². The smallest absolute Gasteiger partial charge is 0.231 e. The standard InChI is InChI=1S/C14H23N3O4S/c1-10(2)22(18,19)17-8-12(13-15-11(3)16-21-13)14(9-17)4-6-20-7-5-14/h10,12H,4-9H2,1-3H3. The molecule has 1 atom stereocenters. The molecular weight excluding hydrogens is 306 g/mol. The Kier molecular flexibility index (Phi) is 4.03. The minimum absolute atomic E-state index is 0.0499. The zero-order valence-electron chi connectivity index (χ0n) is 13.3. The predicted octanol–water partition coefficient (Wildman–Crippen LogP) is 1.31. The van der Waals surface area contributed by atoms with Crippen molar-refractivity contribution in [1.29, 1.82) is 0 Å². The first-order valence-electron chi connectivity index (χ1n) is 7.72. The average molecular weight is 329 g/mol. The van der Waals surface area contributed by atoms with E-state index in [1.807, 2.05) is 0 Å². The van der Waals surface area contributed by atoms with Crippen LogP contribution in [0, 0.1) is 12.3 Å². The summed E-state index contributed by atoms with van der Waals surface area (Å²) in [5.74, 6) is 1.09. The van der Waals surface area contributed by atoms with E-state index in [9.17, 15) is 8.42 Å². The minimum Gasteiger partial charge on any atom is -0.381 e. The molecule has 0 aromatic carbocycles. The molecule has 3 heterocycles. The summed E-state index contributed by atoms with van der Waals surface area (Å²) < 4.78 is 37.6. The zero-order valence-corrected chi connectivity index (χ0v) is 14.1. The Balaban J connectivity index is 1.95. The second-order valence-electron chi connectivity index (χ2n) is 6.59. The first-order chi connectivity index (χ1) is 10.3. The van der Waals surface area contributed by atoms with Gasteiger partial charge in [0.2, 0.25) is 15.9 Å². The molecule has 1 unspecified atom stereocenters. The molecule has 0 bridgehead atoms. The monoisotopic (exact) mass is 329 g/mol. The van der Waals surface area contributed by atoms with Gasteiger partial charge in [-0.15, -0.1) is 0 Å². The molecule has 1 aromatic heterocycles. The van der Waals surface area contributed by atoms with Crippen molar-refractivity contribution in [2.45, 2.75) is 44.8 Å². The Labute approximate surface area is 131 Å². The number of rotatable bonds is 3. The van der Waals surface area contributed by atoms with Crippen LogP contribution >= 0.6 is 0 Å². The average Bonchev–Trinajstić information content (AvgIpc) is 3.04.